The topological polar surface area (TPSA) is 50.4 Å². The van der Waals surface area contributed by atoms with Crippen molar-refractivity contribution in [2.24, 2.45) is 11.8 Å². The number of hydrazine groups is 1. The molecular weight excluding hydrogens is 307 g/mol. The lowest BCUT2D eigenvalue weighted by atomic mass is 9.89. The van der Waals surface area contributed by atoms with Gasteiger partial charge in [0.1, 0.15) is 6.04 Å². The summed E-state index contributed by atoms with van der Waals surface area (Å²) in [7, 11) is 0. The zero-order valence-electron chi connectivity index (χ0n) is 9.42. The van der Waals surface area contributed by atoms with Crippen molar-refractivity contribution in [1.29, 1.82) is 0 Å². The van der Waals surface area contributed by atoms with E-state index < -0.39 is 0 Å². The minimum atomic E-state index is -0.389. The highest BCUT2D eigenvalue weighted by Crippen LogP contribution is 2.17. The molecule has 0 rings (SSSR count). The number of hydrogen-bond acceptors (Lipinski definition) is 4. The number of ether oxygens (including phenoxy) is 1. The first-order valence-electron chi connectivity index (χ1n) is 4.98. The van der Waals surface area contributed by atoms with E-state index in [2.05, 4.69) is 15.6 Å². The third-order valence-electron chi connectivity index (χ3n) is 2.18. The van der Waals surface area contributed by atoms with Gasteiger partial charge in [0.05, 0.1) is 6.61 Å². The van der Waals surface area contributed by atoms with Gasteiger partial charge in [-0.3, -0.25) is 4.79 Å². The van der Waals surface area contributed by atoms with Crippen LogP contribution >= 0.6 is 22.9 Å². The molecule has 0 saturated carbocycles. The second-order valence-corrected chi connectivity index (χ2v) is 4.06. The molecule has 0 saturated heterocycles. The van der Waals surface area contributed by atoms with E-state index in [-0.39, 0.29) is 17.9 Å². The van der Waals surface area contributed by atoms with Gasteiger partial charge in [-0.1, -0.05) is 19.9 Å². The van der Waals surface area contributed by atoms with Crippen LogP contribution in [0.2, 0.25) is 0 Å². The van der Waals surface area contributed by atoms with Crippen LogP contribution < -0.4 is 9.06 Å². The summed E-state index contributed by atoms with van der Waals surface area (Å²) < 4.78 is 7.75. The molecule has 0 aromatic carbocycles. The number of carbonyl (C=O) groups excluding carboxylic acids is 1. The van der Waals surface area contributed by atoms with Crippen LogP contribution in [0.1, 0.15) is 20.8 Å². The van der Waals surface area contributed by atoms with E-state index in [0.29, 0.717) is 12.5 Å². The van der Waals surface area contributed by atoms with E-state index in [1.54, 1.807) is 13.0 Å². The van der Waals surface area contributed by atoms with Gasteiger partial charge in [0.25, 0.3) is 0 Å². The van der Waals surface area contributed by atoms with Crippen molar-refractivity contribution in [2.45, 2.75) is 26.8 Å². The molecule has 0 aromatic rings. The third-order valence-corrected chi connectivity index (χ3v) is 2.49. The Morgan fingerprint density at radius 3 is 2.53 bits per heavy atom. The normalized spacial score (nSPS) is 14.7. The molecule has 0 bridgehead atoms. The minimum Gasteiger partial charge on any atom is -0.465 e. The predicted molar refractivity (Wildman–Crippen MR) is 69.2 cm³/mol. The van der Waals surface area contributed by atoms with E-state index in [4.69, 9.17) is 4.74 Å². The fraction of sp³-hybridized carbons (Fsp3) is 0.700. The van der Waals surface area contributed by atoms with Gasteiger partial charge in [0, 0.05) is 28.8 Å². The van der Waals surface area contributed by atoms with Crippen molar-refractivity contribution < 1.29 is 9.53 Å². The van der Waals surface area contributed by atoms with E-state index in [9.17, 15) is 4.79 Å². The Balaban J connectivity index is 4.60. The highest BCUT2D eigenvalue weighted by Gasteiger charge is 2.29. The zero-order chi connectivity index (χ0) is 11.8. The molecule has 0 fully saturated rings. The molecule has 0 aliphatic carbocycles. The van der Waals surface area contributed by atoms with E-state index >= 15 is 0 Å². The maximum absolute atomic E-state index is 11.7. The number of carbonyl (C=O) groups is 1. The smallest absolute Gasteiger partial charge is 0.325 e. The first kappa shape index (κ1) is 14.9. The summed E-state index contributed by atoms with van der Waals surface area (Å²) in [4.78, 5) is 11.7. The zero-order valence-corrected chi connectivity index (χ0v) is 11.6. The van der Waals surface area contributed by atoms with Gasteiger partial charge in [-0.05, 0) is 12.8 Å². The second kappa shape index (κ2) is 8.06. The highest BCUT2D eigenvalue weighted by molar-refractivity contribution is 14.1. The summed E-state index contributed by atoms with van der Waals surface area (Å²) in [6.07, 6.45) is 1.78. The van der Waals surface area contributed by atoms with Gasteiger partial charge in [0.2, 0.25) is 0 Å². The Bertz CT molecular complexity index is 210. The number of halogens is 1. The van der Waals surface area contributed by atoms with Crippen molar-refractivity contribution in [3.63, 3.8) is 0 Å². The average molecular weight is 326 g/mol. The third kappa shape index (κ3) is 4.94. The maximum Gasteiger partial charge on any atom is 0.325 e. The number of hydrogen-bond donors (Lipinski definition) is 2. The first-order valence-corrected chi connectivity index (χ1v) is 6.06. The van der Waals surface area contributed by atoms with Crippen LogP contribution in [0.3, 0.4) is 0 Å². The van der Waals surface area contributed by atoms with Gasteiger partial charge < -0.3 is 4.74 Å². The number of esters is 1. The van der Waals surface area contributed by atoms with Crippen molar-refractivity contribution in [1.82, 2.24) is 9.06 Å². The Hall–Kier alpha value is -0.140. The van der Waals surface area contributed by atoms with Gasteiger partial charge >= 0.3 is 5.97 Å². The Kier molecular flexibility index (Phi) is 7.99. The van der Waals surface area contributed by atoms with E-state index in [1.807, 2.05) is 36.7 Å². The van der Waals surface area contributed by atoms with Crippen LogP contribution in [0.5, 0.6) is 0 Å². The first-order chi connectivity index (χ1) is 7.08. The largest absolute Gasteiger partial charge is 0.465 e. The molecule has 2 unspecified atom stereocenters. The van der Waals surface area contributed by atoms with Crippen molar-refractivity contribution in [2.75, 3.05) is 6.61 Å². The maximum atomic E-state index is 11.7. The fourth-order valence-corrected chi connectivity index (χ4v) is 1.73. The molecule has 2 atom stereocenters. The fourth-order valence-electron chi connectivity index (χ4n) is 1.40. The molecule has 4 nitrogen and oxygen atoms in total. The molecule has 0 aliphatic heterocycles. The second-order valence-electron chi connectivity index (χ2n) is 3.53. The summed E-state index contributed by atoms with van der Waals surface area (Å²) in [6.45, 7) is 10.0. The molecule has 0 aliphatic rings. The lowest BCUT2D eigenvalue weighted by Crippen LogP contribution is -2.48. The van der Waals surface area contributed by atoms with Gasteiger partial charge in [-0.2, -0.15) is 3.64 Å². The number of rotatable bonds is 7. The molecule has 0 amide bonds. The summed E-state index contributed by atoms with van der Waals surface area (Å²) in [5.41, 5.74) is 2.89. The molecule has 0 heterocycles. The lowest BCUT2D eigenvalue weighted by molar-refractivity contribution is -0.147. The molecule has 0 radical (unpaired) electrons. The van der Waals surface area contributed by atoms with Crippen LogP contribution in [-0.4, -0.2) is 18.6 Å². The quantitative estimate of drug-likeness (QED) is 0.246. The molecule has 2 N–H and O–H groups in total. The van der Waals surface area contributed by atoms with Crippen LogP contribution in [0.4, 0.5) is 0 Å². The molecular formula is C10H19IN2O2. The van der Waals surface area contributed by atoms with Crippen LogP contribution in [0, 0.1) is 11.8 Å². The average Bonchev–Trinajstić information content (AvgIpc) is 2.17. The Labute approximate surface area is 105 Å². The van der Waals surface area contributed by atoms with Crippen molar-refractivity contribution >= 4 is 28.8 Å². The highest BCUT2D eigenvalue weighted by atomic mass is 127. The van der Waals surface area contributed by atoms with Gasteiger partial charge in [-0.25, -0.2) is 5.43 Å². The Morgan fingerprint density at radius 1 is 1.60 bits per heavy atom. The van der Waals surface area contributed by atoms with Gasteiger partial charge in [0.15, 0.2) is 0 Å². The van der Waals surface area contributed by atoms with Crippen molar-refractivity contribution in [3.8, 4) is 0 Å². The Morgan fingerprint density at radius 2 is 2.20 bits per heavy atom. The van der Waals surface area contributed by atoms with Crippen molar-refractivity contribution in [3.05, 3.63) is 12.7 Å². The van der Waals surface area contributed by atoms with Crippen LogP contribution in [-0.2, 0) is 9.53 Å². The van der Waals surface area contributed by atoms with E-state index in [0.717, 1.165) is 0 Å². The van der Waals surface area contributed by atoms with E-state index in [1.165, 1.54) is 0 Å². The minimum absolute atomic E-state index is 0.0475. The summed E-state index contributed by atoms with van der Waals surface area (Å²) in [6, 6.07) is -0.389. The number of nitrogens with one attached hydrogen (secondary N) is 2. The lowest BCUT2D eigenvalue weighted by Gasteiger charge is -2.25. The standard InChI is InChI=1S/C10H19IN2O2/c1-5-8(7(3)4)9(12-13-11)10(14)15-6-2/h5,7-9,12-13H,1,6H2,2-4H3. The molecule has 0 spiro atoms. The van der Waals surface area contributed by atoms with Crippen LogP contribution in [0.25, 0.3) is 0 Å². The van der Waals surface area contributed by atoms with Gasteiger partial charge in [-0.15, -0.1) is 6.58 Å². The SMILES string of the molecule is C=CC(C(C)C)C(NNI)C(=O)OCC. The van der Waals surface area contributed by atoms with Crippen LogP contribution in [0.15, 0.2) is 12.7 Å². The molecule has 15 heavy (non-hydrogen) atoms. The predicted octanol–water partition coefficient (Wildman–Crippen LogP) is 1.82. The molecule has 0 aromatic heterocycles. The summed E-state index contributed by atoms with van der Waals surface area (Å²) in [5, 5.41) is 0. The summed E-state index contributed by atoms with van der Waals surface area (Å²) in [5.74, 6) is 0.126. The molecule has 5 heteroatoms. The molecule has 88 valence electrons. The summed E-state index contributed by atoms with van der Waals surface area (Å²) >= 11 is 1.93. The monoisotopic (exact) mass is 326 g/mol.